The molecule has 5 nitrogen and oxygen atoms in total. The Morgan fingerprint density at radius 1 is 1.22 bits per heavy atom. The van der Waals surface area contributed by atoms with Crippen LogP contribution in [-0.2, 0) is 5.75 Å². The van der Waals surface area contributed by atoms with Crippen molar-refractivity contribution in [1.29, 1.82) is 0 Å². The third kappa shape index (κ3) is 4.19. The number of nitrogens with one attached hydrogen (secondary N) is 1. The lowest BCUT2D eigenvalue weighted by Gasteiger charge is -2.21. The predicted molar refractivity (Wildman–Crippen MR) is 112 cm³/mol. The van der Waals surface area contributed by atoms with Crippen molar-refractivity contribution in [1.82, 2.24) is 10.2 Å². The number of hydrogen-bond acceptors (Lipinski definition) is 7. The maximum Gasteiger partial charge on any atom is 0.336 e. The topological polar surface area (TPSA) is 68.0 Å². The first kappa shape index (κ1) is 18.5. The first-order valence-corrected chi connectivity index (χ1v) is 11.2. The standard InChI is InChI=1S/C20H23N3O2S2/c1-12-8-9-16-14(10-17(24)25-18(16)13(12)2)11-26-20-23-22-19(27-20)21-15-6-4-3-5-7-15/h8-10,15H,3-7,11H2,1-2H3,(H,21,22). The zero-order valence-corrected chi connectivity index (χ0v) is 17.2. The van der Waals surface area contributed by atoms with Gasteiger partial charge in [0.2, 0.25) is 5.13 Å². The Labute approximate surface area is 166 Å². The highest BCUT2D eigenvalue weighted by Gasteiger charge is 2.16. The van der Waals surface area contributed by atoms with Crippen molar-refractivity contribution in [3.63, 3.8) is 0 Å². The summed E-state index contributed by atoms with van der Waals surface area (Å²) < 4.78 is 6.37. The van der Waals surface area contributed by atoms with Crippen LogP contribution in [0.25, 0.3) is 11.0 Å². The minimum absolute atomic E-state index is 0.302. The number of benzene rings is 1. The van der Waals surface area contributed by atoms with E-state index in [2.05, 4.69) is 21.6 Å². The van der Waals surface area contributed by atoms with Crippen LogP contribution in [0.5, 0.6) is 0 Å². The summed E-state index contributed by atoms with van der Waals surface area (Å²) >= 11 is 3.20. The number of anilines is 1. The zero-order valence-electron chi connectivity index (χ0n) is 15.6. The van der Waals surface area contributed by atoms with Gasteiger partial charge in [-0.05, 0) is 43.4 Å². The highest BCUT2D eigenvalue weighted by molar-refractivity contribution is 8.00. The van der Waals surface area contributed by atoms with Gasteiger partial charge >= 0.3 is 5.63 Å². The second kappa shape index (κ2) is 8.02. The Hall–Kier alpha value is -1.86. The molecule has 7 heteroatoms. The maximum absolute atomic E-state index is 12.0. The van der Waals surface area contributed by atoms with Crippen molar-refractivity contribution >= 4 is 39.2 Å². The summed E-state index contributed by atoms with van der Waals surface area (Å²) in [6.07, 6.45) is 6.36. The van der Waals surface area contributed by atoms with Crippen LogP contribution in [0.1, 0.15) is 48.8 Å². The van der Waals surface area contributed by atoms with E-state index in [1.165, 1.54) is 32.1 Å². The van der Waals surface area contributed by atoms with E-state index in [0.717, 1.165) is 31.5 Å². The number of aromatic nitrogens is 2. The molecule has 2 aromatic heterocycles. The van der Waals surface area contributed by atoms with Gasteiger partial charge in [-0.15, -0.1) is 10.2 Å². The highest BCUT2D eigenvalue weighted by atomic mass is 32.2. The molecule has 1 fully saturated rings. The van der Waals surface area contributed by atoms with E-state index in [-0.39, 0.29) is 5.63 Å². The molecule has 2 heterocycles. The molecule has 0 amide bonds. The lowest BCUT2D eigenvalue weighted by molar-refractivity contribution is 0.462. The van der Waals surface area contributed by atoms with Crippen LogP contribution in [0.15, 0.2) is 31.8 Å². The molecule has 1 saturated carbocycles. The third-order valence-corrected chi connectivity index (χ3v) is 7.24. The number of fused-ring (bicyclic) bond motifs is 1. The summed E-state index contributed by atoms with van der Waals surface area (Å²) in [6, 6.07) is 6.22. The van der Waals surface area contributed by atoms with Crippen LogP contribution < -0.4 is 10.9 Å². The fraction of sp³-hybridized carbons (Fsp3) is 0.450. The fourth-order valence-corrected chi connectivity index (χ4v) is 5.35. The Kier molecular flexibility index (Phi) is 5.50. The molecule has 27 heavy (non-hydrogen) atoms. The van der Waals surface area contributed by atoms with Gasteiger partial charge in [-0.1, -0.05) is 54.5 Å². The van der Waals surface area contributed by atoms with Gasteiger partial charge in [-0.3, -0.25) is 0 Å². The van der Waals surface area contributed by atoms with Crippen LogP contribution >= 0.6 is 23.1 Å². The van der Waals surface area contributed by atoms with Gasteiger partial charge in [0.1, 0.15) is 5.58 Å². The summed E-state index contributed by atoms with van der Waals surface area (Å²) in [5.41, 5.74) is 3.51. The van der Waals surface area contributed by atoms with Gasteiger partial charge in [0, 0.05) is 23.2 Å². The fourth-order valence-electron chi connectivity index (χ4n) is 3.53. The van der Waals surface area contributed by atoms with Gasteiger partial charge < -0.3 is 9.73 Å². The molecule has 0 bridgehead atoms. The number of rotatable bonds is 5. The van der Waals surface area contributed by atoms with Crippen molar-refractivity contribution in [3.8, 4) is 0 Å². The smallest absolute Gasteiger partial charge is 0.336 e. The molecule has 0 unspecified atom stereocenters. The Morgan fingerprint density at radius 3 is 2.85 bits per heavy atom. The number of aryl methyl sites for hydroxylation is 2. The molecule has 1 aromatic carbocycles. The lowest BCUT2D eigenvalue weighted by Crippen LogP contribution is -2.21. The molecule has 0 saturated heterocycles. The van der Waals surface area contributed by atoms with Crippen LogP contribution in [0.3, 0.4) is 0 Å². The molecule has 0 radical (unpaired) electrons. The van der Waals surface area contributed by atoms with Crippen molar-refractivity contribution in [3.05, 3.63) is 45.3 Å². The quantitative estimate of drug-likeness (QED) is 0.462. The Bertz CT molecular complexity index is 1010. The van der Waals surface area contributed by atoms with E-state index < -0.39 is 0 Å². The van der Waals surface area contributed by atoms with Crippen LogP contribution in [-0.4, -0.2) is 16.2 Å². The maximum atomic E-state index is 12.0. The van der Waals surface area contributed by atoms with Gasteiger partial charge in [-0.2, -0.15) is 0 Å². The molecule has 1 aliphatic carbocycles. The normalized spacial score (nSPS) is 15.3. The minimum atomic E-state index is -0.302. The predicted octanol–water partition coefficient (Wildman–Crippen LogP) is 5.30. The van der Waals surface area contributed by atoms with E-state index in [4.69, 9.17) is 4.42 Å². The van der Waals surface area contributed by atoms with Gasteiger partial charge in [-0.25, -0.2) is 4.79 Å². The number of thioether (sulfide) groups is 1. The first-order chi connectivity index (χ1) is 13.1. The molecular formula is C20H23N3O2S2. The second-order valence-corrected chi connectivity index (χ2v) is 9.32. The van der Waals surface area contributed by atoms with Crippen LogP contribution in [0, 0.1) is 13.8 Å². The lowest BCUT2D eigenvalue weighted by atomic mass is 9.96. The molecule has 1 aliphatic rings. The van der Waals surface area contributed by atoms with E-state index >= 15 is 0 Å². The minimum Gasteiger partial charge on any atom is -0.422 e. The number of nitrogens with zero attached hydrogens (tertiary/aromatic N) is 2. The van der Waals surface area contributed by atoms with E-state index in [1.807, 2.05) is 19.9 Å². The van der Waals surface area contributed by atoms with Crippen LogP contribution in [0.2, 0.25) is 0 Å². The van der Waals surface area contributed by atoms with E-state index in [0.29, 0.717) is 17.4 Å². The summed E-state index contributed by atoms with van der Waals surface area (Å²) in [7, 11) is 0. The molecular weight excluding hydrogens is 378 g/mol. The largest absolute Gasteiger partial charge is 0.422 e. The molecule has 0 spiro atoms. The highest BCUT2D eigenvalue weighted by Crippen LogP contribution is 2.32. The van der Waals surface area contributed by atoms with Crippen molar-refractivity contribution in [2.45, 2.75) is 62.1 Å². The molecule has 3 aromatic rings. The SMILES string of the molecule is Cc1ccc2c(CSc3nnc(NC4CCCCC4)s3)cc(=O)oc2c1C. The van der Waals surface area contributed by atoms with E-state index in [1.54, 1.807) is 29.2 Å². The zero-order chi connectivity index (χ0) is 18.8. The summed E-state index contributed by atoms with van der Waals surface area (Å²) in [6.45, 7) is 4.02. The van der Waals surface area contributed by atoms with Gasteiger partial charge in [0.25, 0.3) is 0 Å². The van der Waals surface area contributed by atoms with Crippen LogP contribution in [0.4, 0.5) is 5.13 Å². The monoisotopic (exact) mass is 401 g/mol. The van der Waals surface area contributed by atoms with Crippen molar-refractivity contribution in [2.75, 3.05) is 5.32 Å². The Morgan fingerprint density at radius 2 is 2.04 bits per heavy atom. The summed E-state index contributed by atoms with van der Waals surface area (Å²) in [5.74, 6) is 0.669. The van der Waals surface area contributed by atoms with E-state index in [9.17, 15) is 4.79 Å². The summed E-state index contributed by atoms with van der Waals surface area (Å²) in [4.78, 5) is 12.0. The van der Waals surface area contributed by atoms with Crippen molar-refractivity contribution < 1.29 is 4.42 Å². The first-order valence-electron chi connectivity index (χ1n) is 9.36. The third-order valence-electron chi connectivity index (χ3n) is 5.21. The molecule has 0 aliphatic heterocycles. The average molecular weight is 402 g/mol. The Balaban J connectivity index is 1.49. The second-order valence-electron chi connectivity index (χ2n) is 7.12. The van der Waals surface area contributed by atoms with Gasteiger partial charge in [0.05, 0.1) is 0 Å². The molecule has 1 N–H and O–H groups in total. The average Bonchev–Trinajstić information content (AvgIpc) is 3.11. The summed E-state index contributed by atoms with van der Waals surface area (Å²) in [5, 5.41) is 14.0. The van der Waals surface area contributed by atoms with Gasteiger partial charge in [0.15, 0.2) is 4.34 Å². The van der Waals surface area contributed by atoms with Crippen molar-refractivity contribution in [2.24, 2.45) is 0 Å². The number of hydrogen-bond donors (Lipinski definition) is 1. The molecule has 4 rings (SSSR count). The molecule has 142 valence electrons. The molecule has 0 atom stereocenters.